The molecule has 3 unspecified atom stereocenters. The molecule has 2 rings (SSSR count). The van der Waals surface area contributed by atoms with Crippen molar-refractivity contribution in [2.45, 2.75) is 50.2 Å². The minimum atomic E-state index is -0.435. The Labute approximate surface area is 120 Å². The standard InChI is InChI=1S/C16H24N2O2/c17-11-13(12-7-3-1-4-8-12)16(20)18-14-9-5-2-6-10-15(14)19/h1,3-4,7-8,13-15,19H,2,5-6,9-11,17H2,(H,18,20). The van der Waals surface area contributed by atoms with E-state index in [1.807, 2.05) is 30.3 Å². The van der Waals surface area contributed by atoms with E-state index < -0.39 is 6.10 Å². The van der Waals surface area contributed by atoms with Crippen LogP contribution in [0.1, 0.15) is 43.6 Å². The largest absolute Gasteiger partial charge is 0.391 e. The van der Waals surface area contributed by atoms with Gasteiger partial charge in [-0.3, -0.25) is 4.79 Å². The Morgan fingerprint density at radius 3 is 2.65 bits per heavy atom. The molecule has 0 aromatic heterocycles. The van der Waals surface area contributed by atoms with Gasteiger partial charge in [-0.1, -0.05) is 49.6 Å². The molecule has 0 bridgehead atoms. The van der Waals surface area contributed by atoms with Gasteiger partial charge in [0.05, 0.1) is 18.1 Å². The third-order valence-electron chi connectivity index (χ3n) is 4.06. The van der Waals surface area contributed by atoms with Gasteiger partial charge in [-0.05, 0) is 18.4 Å². The molecule has 1 saturated carbocycles. The van der Waals surface area contributed by atoms with Gasteiger partial charge in [0, 0.05) is 6.54 Å². The van der Waals surface area contributed by atoms with E-state index in [-0.39, 0.29) is 24.4 Å². The summed E-state index contributed by atoms with van der Waals surface area (Å²) in [6.45, 7) is 0.276. The topological polar surface area (TPSA) is 75.4 Å². The van der Waals surface area contributed by atoms with Crippen molar-refractivity contribution in [3.63, 3.8) is 0 Å². The second-order valence-electron chi connectivity index (χ2n) is 5.52. The van der Waals surface area contributed by atoms with Crippen LogP contribution in [0.2, 0.25) is 0 Å². The molecule has 3 atom stereocenters. The lowest BCUT2D eigenvalue weighted by Crippen LogP contribution is -2.45. The third-order valence-corrected chi connectivity index (χ3v) is 4.06. The maximum Gasteiger partial charge on any atom is 0.229 e. The Kier molecular flexibility index (Phi) is 5.56. The lowest BCUT2D eigenvalue weighted by atomic mass is 9.97. The molecule has 1 aliphatic rings. The number of aliphatic hydroxyl groups excluding tert-OH is 1. The van der Waals surface area contributed by atoms with Gasteiger partial charge >= 0.3 is 0 Å². The highest BCUT2D eigenvalue weighted by Gasteiger charge is 2.26. The first-order valence-electron chi connectivity index (χ1n) is 7.46. The summed E-state index contributed by atoms with van der Waals surface area (Å²) in [5.41, 5.74) is 6.68. The van der Waals surface area contributed by atoms with Crippen LogP contribution in [0.4, 0.5) is 0 Å². The van der Waals surface area contributed by atoms with E-state index in [9.17, 15) is 9.90 Å². The molecular formula is C16H24N2O2. The summed E-state index contributed by atoms with van der Waals surface area (Å²) in [6.07, 6.45) is 4.40. The highest BCUT2D eigenvalue weighted by molar-refractivity contribution is 5.84. The highest BCUT2D eigenvalue weighted by Crippen LogP contribution is 2.20. The Bertz CT molecular complexity index is 422. The predicted octanol–water partition coefficient (Wildman–Crippen LogP) is 1.54. The maximum atomic E-state index is 12.4. The van der Waals surface area contributed by atoms with Crippen molar-refractivity contribution < 1.29 is 9.90 Å². The van der Waals surface area contributed by atoms with Crippen molar-refractivity contribution in [3.8, 4) is 0 Å². The summed E-state index contributed by atoms with van der Waals surface area (Å²) >= 11 is 0. The molecule has 4 heteroatoms. The molecule has 4 N–H and O–H groups in total. The number of carbonyl (C=O) groups excluding carboxylic acids is 1. The van der Waals surface area contributed by atoms with E-state index in [1.165, 1.54) is 0 Å². The van der Waals surface area contributed by atoms with Crippen molar-refractivity contribution in [1.29, 1.82) is 0 Å². The van der Waals surface area contributed by atoms with Crippen molar-refractivity contribution in [2.75, 3.05) is 6.54 Å². The van der Waals surface area contributed by atoms with E-state index in [0.717, 1.165) is 37.7 Å². The molecule has 0 heterocycles. The minimum absolute atomic E-state index is 0.0790. The average molecular weight is 276 g/mol. The number of hydrogen-bond acceptors (Lipinski definition) is 3. The van der Waals surface area contributed by atoms with Gasteiger partial charge in [0.1, 0.15) is 0 Å². The molecule has 1 fully saturated rings. The van der Waals surface area contributed by atoms with E-state index >= 15 is 0 Å². The monoisotopic (exact) mass is 276 g/mol. The highest BCUT2D eigenvalue weighted by atomic mass is 16.3. The molecule has 1 aromatic carbocycles. The van der Waals surface area contributed by atoms with Gasteiger partial charge in [0.25, 0.3) is 0 Å². The van der Waals surface area contributed by atoms with Crippen molar-refractivity contribution in [1.82, 2.24) is 5.32 Å². The molecule has 0 saturated heterocycles. The molecule has 110 valence electrons. The molecule has 1 amide bonds. The van der Waals surface area contributed by atoms with Crippen LogP contribution < -0.4 is 11.1 Å². The normalized spacial score (nSPS) is 24.7. The van der Waals surface area contributed by atoms with Crippen LogP contribution in [0, 0.1) is 0 Å². The summed E-state index contributed by atoms with van der Waals surface area (Å²) in [4.78, 5) is 12.4. The Balaban J connectivity index is 2.02. The Morgan fingerprint density at radius 1 is 1.25 bits per heavy atom. The van der Waals surface area contributed by atoms with Gasteiger partial charge in [-0.25, -0.2) is 0 Å². The van der Waals surface area contributed by atoms with Gasteiger partial charge in [-0.15, -0.1) is 0 Å². The van der Waals surface area contributed by atoms with Crippen LogP contribution in [-0.4, -0.2) is 29.7 Å². The fourth-order valence-electron chi connectivity index (χ4n) is 2.82. The summed E-state index contributed by atoms with van der Waals surface area (Å²) in [7, 11) is 0. The molecule has 1 aliphatic carbocycles. The van der Waals surface area contributed by atoms with Crippen LogP contribution in [0.25, 0.3) is 0 Å². The number of aliphatic hydroxyl groups is 1. The van der Waals surface area contributed by atoms with Crippen molar-refractivity contribution >= 4 is 5.91 Å². The predicted molar refractivity (Wildman–Crippen MR) is 79.3 cm³/mol. The number of benzene rings is 1. The molecule has 20 heavy (non-hydrogen) atoms. The first-order valence-corrected chi connectivity index (χ1v) is 7.46. The number of nitrogens with one attached hydrogen (secondary N) is 1. The minimum Gasteiger partial charge on any atom is -0.391 e. The quantitative estimate of drug-likeness (QED) is 0.730. The van der Waals surface area contributed by atoms with Crippen LogP contribution in [0.5, 0.6) is 0 Å². The SMILES string of the molecule is NCC(C(=O)NC1CCCCCC1O)c1ccccc1. The van der Waals surface area contributed by atoms with Crippen LogP contribution in [0.15, 0.2) is 30.3 Å². The number of amides is 1. The molecule has 4 nitrogen and oxygen atoms in total. The summed E-state index contributed by atoms with van der Waals surface area (Å²) in [6, 6.07) is 9.44. The van der Waals surface area contributed by atoms with Gasteiger partial charge < -0.3 is 16.2 Å². The summed E-state index contributed by atoms with van der Waals surface area (Å²) in [5, 5.41) is 13.1. The Hall–Kier alpha value is -1.39. The lowest BCUT2D eigenvalue weighted by Gasteiger charge is -2.24. The molecular weight excluding hydrogens is 252 g/mol. The van der Waals surface area contributed by atoms with Crippen LogP contribution in [-0.2, 0) is 4.79 Å². The number of rotatable bonds is 4. The van der Waals surface area contributed by atoms with E-state index in [0.29, 0.717) is 0 Å². The molecule has 0 aliphatic heterocycles. The van der Waals surface area contributed by atoms with Crippen molar-refractivity contribution in [2.24, 2.45) is 5.73 Å². The first-order chi connectivity index (χ1) is 9.72. The zero-order valence-corrected chi connectivity index (χ0v) is 11.8. The van der Waals surface area contributed by atoms with Gasteiger partial charge in [-0.2, -0.15) is 0 Å². The van der Waals surface area contributed by atoms with Gasteiger partial charge in [0.2, 0.25) is 5.91 Å². The number of carbonyl (C=O) groups is 1. The molecule has 0 radical (unpaired) electrons. The molecule has 0 spiro atoms. The van der Waals surface area contributed by atoms with Gasteiger partial charge in [0.15, 0.2) is 0 Å². The molecule has 1 aromatic rings. The smallest absolute Gasteiger partial charge is 0.229 e. The average Bonchev–Trinajstić information content (AvgIpc) is 2.66. The van der Waals surface area contributed by atoms with E-state index in [2.05, 4.69) is 5.32 Å². The number of nitrogens with two attached hydrogens (primary N) is 1. The zero-order chi connectivity index (χ0) is 14.4. The van der Waals surface area contributed by atoms with E-state index in [1.54, 1.807) is 0 Å². The Morgan fingerprint density at radius 2 is 1.95 bits per heavy atom. The summed E-state index contributed by atoms with van der Waals surface area (Å²) < 4.78 is 0. The maximum absolute atomic E-state index is 12.4. The second kappa shape index (κ2) is 7.41. The van der Waals surface area contributed by atoms with Crippen LogP contribution >= 0.6 is 0 Å². The zero-order valence-electron chi connectivity index (χ0n) is 11.8. The summed E-state index contributed by atoms with van der Waals surface area (Å²) in [5.74, 6) is -0.420. The third kappa shape index (κ3) is 3.81. The lowest BCUT2D eigenvalue weighted by molar-refractivity contribution is -0.124. The first kappa shape index (κ1) is 15.0. The van der Waals surface area contributed by atoms with Crippen molar-refractivity contribution in [3.05, 3.63) is 35.9 Å². The van der Waals surface area contributed by atoms with E-state index in [4.69, 9.17) is 5.73 Å². The fourth-order valence-corrected chi connectivity index (χ4v) is 2.82. The van der Waals surface area contributed by atoms with Crippen LogP contribution in [0.3, 0.4) is 0 Å². The second-order valence-corrected chi connectivity index (χ2v) is 5.52. The number of hydrogen-bond donors (Lipinski definition) is 3. The fraction of sp³-hybridized carbons (Fsp3) is 0.562.